The van der Waals surface area contributed by atoms with Gasteiger partial charge in [-0.25, -0.2) is 0 Å². The van der Waals surface area contributed by atoms with Gasteiger partial charge in [-0.3, -0.25) is 0 Å². The first kappa shape index (κ1) is 13.6. The van der Waals surface area contributed by atoms with Crippen LogP contribution in [-0.2, 0) is 17.6 Å². The SMILES string of the molecule is CC(CC=O)c1c(O)c(Br)cc2c1CCCCC2. The van der Waals surface area contributed by atoms with Crippen molar-refractivity contribution in [3.8, 4) is 5.75 Å². The van der Waals surface area contributed by atoms with Gasteiger partial charge in [0.25, 0.3) is 0 Å². The van der Waals surface area contributed by atoms with Crippen molar-refractivity contribution >= 4 is 22.2 Å². The molecule has 1 aromatic carbocycles. The number of fused-ring (bicyclic) bond motifs is 1. The van der Waals surface area contributed by atoms with Gasteiger partial charge in [0.15, 0.2) is 0 Å². The summed E-state index contributed by atoms with van der Waals surface area (Å²) in [5.41, 5.74) is 3.60. The molecule has 0 fully saturated rings. The summed E-state index contributed by atoms with van der Waals surface area (Å²) in [7, 11) is 0. The van der Waals surface area contributed by atoms with E-state index in [2.05, 4.69) is 15.9 Å². The number of aromatic hydroxyl groups is 1. The molecule has 0 bridgehead atoms. The Balaban J connectivity index is 2.53. The van der Waals surface area contributed by atoms with Crippen LogP contribution in [-0.4, -0.2) is 11.4 Å². The zero-order valence-corrected chi connectivity index (χ0v) is 12.3. The van der Waals surface area contributed by atoms with Gasteiger partial charge in [-0.15, -0.1) is 0 Å². The molecule has 1 aromatic rings. The van der Waals surface area contributed by atoms with Crippen molar-refractivity contribution in [2.24, 2.45) is 0 Å². The fourth-order valence-corrected chi connectivity index (χ4v) is 3.35. The largest absolute Gasteiger partial charge is 0.506 e. The Morgan fingerprint density at radius 1 is 1.39 bits per heavy atom. The number of carbonyl (C=O) groups is 1. The molecule has 2 nitrogen and oxygen atoms in total. The quantitative estimate of drug-likeness (QED) is 0.673. The zero-order valence-electron chi connectivity index (χ0n) is 10.7. The van der Waals surface area contributed by atoms with E-state index in [1.54, 1.807) is 0 Å². The van der Waals surface area contributed by atoms with Crippen molar-refractivity contribution in [1.29, 1.82) is 0 Å². The Hall–Kier alpha value is -0.830. The molecule has 0 radical (unpaired) electrons. The first-order valence-corrected chi connectivity index (χ1v) is 7.41. The van der Waals surface area contributed by atoms with Crippen LogP contribution in [0.5, 0.6) is 5.75 Å². The summed E-state index contributed by atoms with van der Waals surface area (Å²) in [6.45, 7) is 2.01. The van der Waals surface area contributed by atoms with Gasteiger partial charge < -0.3 is 9.90 Å². The third kappa shape index (κ3) is 2.61. The molecule has 1 aliphatic carbocycles. The zero-order chi connectivity index (χ0) is 13.1. The molecule has 0 saturated heterocycles. The maximum Gasteiger partial charge on any atom is 0.133 e. The molecule has 2 rings (SSSR count). The minimum atomic E-state index is 0.0897. The van der Waals surface area contributed by atoms with E-state index < -0.39 is 0 Å². The number of rotatable bonds is 3. The number of hydrogen-bond acceptors (Lipinski definition) is 2. The summed E-state index contributed by atoms with van der Waals surface area (Å²) in [6.07, 6.45) is 7.14. The average Bonchev–Trinajstić information content (AvgIpc) is 2.56. The van der Waals surface area contributed by atoms with E-state index in [9.17, 15) is 9.90 Å². The van der Waals surface area contributed by atoms with Crippen LogP contribution in [0.4, 0.5) is 0 Å². The van der Waals surface area contributed by atoms with E-state index in [1.165, 1.54) is 30.4 Å². The molecule has 18 heavy (non-hydrogen) atoms. The molecular weight excluding hydrogens is 292 g/mol. The van der Waals surface area contributed by atoms with Gasteiger partial charge in [0, 0.05) is 12.0 Å². The smallest absolute Gasteiger partial charge is 0.133 e. The molecule has 0 heterocycles. The molecule has 98 valence electrons. The molecule has 3 heteroatoms. The maximum absolute atomic E-state index is 10.7. The predicted octanol–water partition coefficient (Wildman–Crippen LogP) is 4.12. The molecule has 1 aliphatic rings. The van der Waals surface area contributed by atoms with E-state index in [-0.39, 0.29) is 5.92 Å². The average molecular weight is 311 g/mol. The standard InChI is InChI=1S/C15H19BrO2/c1-10(7-8-17)14-12-6-4-2-3-5-11(12)9-13(16)15(14)18/h8-10,18H,2-7H2,1H3. The second kappa shape index (κ2) is 5.87. The number of aldehydes is 1. The summed E-state index contributed by atoms with van der Waals surface area (Å²) in [6, 6.07) is 2.05. The lowest BCUT2D eigenvalue weighted by Crippen LogP contribution is -2.04. The topological polar surface area (TPSA) is 37.3 Å². The fourth-order valence-electron chi connectivity index (χ4n) is 2.86. The molecule has 1 atom stereocenters. The molecule has 1 unspecified atom stereocenters. The number of aryl methyl sites for hydroxylation is 1. The van der Waals surface area contributed by atoms with E-state index >= 15 is 0 Å². The van der Waals surface area contributed by atoms with Gasteiger partial charge in [0.1, 0.15) is 12.0 Å². The fraction of sp³-hybridized carbons (Fsp3) is 0.533. The molecule has 1 N–H and O–H groups in total. The lowest BCUT2D eigenvalue weighted by atomic mass is 9.87. The number of phenols is 1. The van der Waals surface area contributed by atoms with Gasteiger partial charge in [0.05, 0.1) is 4.47 Å². The van der Waals surface area contributed by atoms with Crippen molar-refractivity contribution in [2.45, 2.75) is 51.4 Å². The monoisotopic (exact) mass is 310 g/mol. The molecule has 0 spiro atoms. The van der Waals surface area contributed by atoms with Crippen LogP contribution in [0.25, 0.3) is 0 Å². The number of phenolic OH excluding ortho intramolecular Hbond substituents is 1. The second-order valence-corrected chi connectivity index (χ2v) is 5.98. The van der Waals surface area contributed by atoms with Crippen LogP contribution in [0.1, 0.15) is 55.2 Å². The van der Waals surface area contributed by atoms with Crippen molar-refractivity contribution in [3.63, 3.8) is 0 Å². The summed E-state index contributed by atoms with van der Waals surface area (Å²) in [4.78, 5) is 10.7. The minimum Gasteiger partial charge on any atom is -0.506 e. The highest BCUT2D eigenvalue weighted by atomic mass is 79.9. The third-order valence-corrected chi connectivity index (χ3v) is 4.41. The first-order valence-electron chi connectivity index (χ1n) is 6.62. The van der Waals surface area contributed by atoms with Crippen molar-refractivity contribution in [1.82, 2.24) is 0 Å². The van der Waals surface area contributed by atoms with Gasteiger partial charge in [-0.2, -0.15) is 0 Å². The number of carbonyl (C=O) groups excluding carboxylic acids is 1. The Morgan fingerprint density at radius 2 is 2.11 bits per heavy atom. The van der Waals surface area contributed by atoms with Gasteiger partial charge in [0.2, 0.25) is 0 Å². The van der Waals surface area contributed by atoms with Crippen LogP contribution >= 0.6 is 15.9 Å². The Labute approximate surface area is 117 Å². The summed E-state index contributed by atoms with van der Waals surface area (Å²) in [5.74, 6) is 0.414. The third-order valence-electron chi connectivity index (χ3n) is 3.81. The van der Waals surface area contributed by atoms with E-state index in [1.807, 2.05) is 13.0 Å². The van der Waals surface area contributed by atoms with Crippen molar-refractivity contribution < 1.29 is 9.90 Å². The Bertz CT molecular complexity index is 454. The number of halogens is 1. The van der Waals surface area contributed by atoms with E-state index in [0.717, 1.165) is 29.2 Å². The van der Waals surface area contributed by atoms with Crippen LogP contribution in [0.2, 0.25) is 0 Å². The van der Waals surface area contributed by atoms with E-state index in [0.29, 0.717) is 12.2 Å². The van der Waals surface area contributed by atoms with Crippen LogP contribution in [0.3, 0.4) is 0 Å². The van der Waals surface area contributed by atoms with Crippen LogP contribution in [0, 0.1) is 0 Å². The highest BCUT2D eigenvalue weighted by Crippen LogP contribution is 2.40. The molecule has 0 aliphatic heterocycles. The lowest BCUT2D eigenvalue weighted by Gasteiger charge is -2.20. The highest BCUT2D eigenvalue weighted by molar-refractivity contribution is 9.10. The van der Waals surface area contributed by atoms with E-state index in [4.69, 9.17) is 0 Å². The van der Waals surface area contributed by atoms with Crippen molar-refractivity contribution in [2.75, 3.05) is 0 Å². The summed E-state index contributed by atoms with van der Waals surface area (Å²) in [5, 5.41) is 10.3. The lowest BCUT2D eigenvalue weighted by molar-refractivity contribution is -0.108. The summed E-state index contributed by atoms with van der Waals surface area (Å²) < 4.78 is 0.760. The molecule has 0 saturated carbocycles. The summed E-state index contributed by atoms with van der Waals surface area (Å²) >= 11 is 3.43. The number of hydrogen-bond donors (Lipinski definition) is 1. The highest BCUT2D eigenvalue weighted by Gasteiger charge is 2.21. The normalized spacial score (nSPS) is 16.8. The van der Waals surface area contributed by atoms with Crippen LogP contribution < -0.4 is 0 Å². The first-order chi connectivity index (χ1) is 8.65. The Morgan fingerprint density at radius 3 is 2.83 bits per heavy atom. The minimum absolute atomic E-state index is 0.0897. The molecular formula is C15H19BrO2. The number of benzene rings is 1. The second-order valence-electron chi connectivity index (χ2n) is 5.12. The molecule has 0 amide bonds. The van der Waals surface area contributed by atoms with Gasteiger partial charge >= 0.3 is 0 Å². The van der Waals surface area contributed by atoms with Gasteiger partial charge in [-0.05, 0) is 64.7 Å². The van der Waals surface area contributed by atoms with Gasteiger partial charge in [-0.1, -0.05) is 13.3 Å². The molecule has 0 aromatic heterocycles. The van der Waals surface area contributed by atoms with Crippen molar-refractivity contribution in [3.05, 3.63) is 27.2 Å². The Kier molecular flexibility index (Phi) is 4.44. The predicted molar refractivity (Wildman–Crippen MR) is 76.2 cm³/mol. The maximum atomic E-state index is 10.7. The van der Waals surface area contributed by atoms with Crippen LogP contribution in [0.15, 0.2) is 10.5 Å².